The van der Waals surface area contributed by atoms with Crippen LogP contribution in [0.4, 0.5) is 0 Å². The highest BCUT2D eigenvalue weighted by Crippen LogP contribution is 2.65. The van der Waals surface area contributed by atoms with Gasteiger partial charge in [0.25, 0.3) is 6.29 Å². The van der Waals surface area contributed by atoms with Crippen molar-refractivity contribution in [3.8, 4) is 11.5 Å². The molecule has 1 saturated heterocycles. The van der Waals surface area contributed by atoms with Gasteiger partial charge in [-0.15, -0.1) is 0 Å². The van der Waals surface area contributed by atoms with E-state index in [2.05, 4.69) is 33.8 Å². The largest absolute Gasteiger partial charge is 0.470 e. The van der Waals surface area contributed by atoms with Gasteiger partial charge in [-0.25, -0.2) is 0 Å². The Balaban J connectivity index is 1.22. The number of carbonyl (C=O) groups is 2. The van der Waals surface area contributed by atoms with Crippen molar-refractivity contribution in [3.05, 3.63) is 75.4 Å². The molecule has 9 rings (SSSR count). The summed E-state index contributed by atoms with van der Waals surface area (Å²) in [7, 11) is 0. The molecule has 48 heavy (non-hydrogen) atoms. The minimum Gasteiger partial charge on any atom is -0.470 e. The van der Waals surface area contributed by atoms with Crippen molar-refractivity contribution in [2.24, 2.45) is 11.3 Å². The van der Waals surface area contributed by atoms with Crippen LogP contribution in [0.5, 0.6) is 11.5 Å². The molecule has 6 aliphatic rings. The molecule has 0 radical (unpaired) electrons. The van der Waals surface area contributed by atoms with Gasteiger partial charge in [0.1, 0.15) is 11.5 Å². The number of benzene rings is 3. The van der Waals surface area contributed by atoms with Crippen molar-refractivity contribution in [2.75, 3.05) is 0 Å². The number of Topliss-reactive ketones (excluding diaryl/α,β-unsaturated/α-hetero) is 2. The second-order valence-corrected chi connectivity index (χ2v) is 16.5. The summed E-state index contributed by atoms with van der Waals surface area (Å²) in [5.41, 5.74) is 2.02. The molecule has 6 unspecified atom stereocenters. The number of rotatable bonds is 3. The third kappa shape index (κ3) is 3.72. The topological polar surface area (TPSA) is 91.3 Å². The lowest BCUT2D eigenvalue weighted by atomic mass is 9.60. The van der Waals surface area contributed by atoms with Gasteiger partial charge in [0, 0.05) is 35.1 Å². The lowest BCUT2D eigenvalue weighted by Gasteiger charge is -2.49. The van der Waals surface area contributed by atoms with Crippen LogP contribution in [0, 0.1) is 18.3 Å². The molecule has 3 aromatic rings. The van der Waals surface area contributed by atoms with Gasteiger partial charge < -0.3 is 24.1 Å². The zero-order valence-corrected chi connectivity index (χ0v) is 28.9. The highest BCUT2D eigenvalue weighted by atomic mass is 16.7. The van der Waals surface area contributed by atoms with Crippen LogP contribution in [-0.2, 0) is 31.1 Å². The number of hydrogen-bond acceptors (Lipinski definition) is 7. The van der Waals surface area contributed by atoms with Crippen molar-refractivity contribution in [1.82, 2.24) is 0 Å². The first-order valence-corrected chi connectivity index (χ1v) is 17.6. The van der Waals surface area contributed by atoms with Gasteiger partial charge in [0.15, 0.2) is 17.1 Å². The smallest absolute Gasteiger partial charge is 0.285 e. The molecule has 0 aromatic heterocycles. The number of ether oxygens (including phenoxy) is 4. The Labute approximate surface area is 281 Å². The number of ketones is 2. The number of aryl methyl sites for hydroxylation is 1. The number of aliphatic hydroxyl groups is 1. The van der Waals surface area contributed by atoms with Crippen molar-refractivity contribution in [1.29, 1.82) is 0 Å². The fourth-order valence-corrected chi connectivity index (χ4v) is 10.4. The third-order valence-electron chi connectivity index (χ3n) is 12.7. The molecule has 1 saturated carbocycles. The Morgan fingerprint density at radius 2 is 1.83 bits per heavy atom. The molecule has 1 N–H and O–H groups in total. The van der Waals surface area contributed by atoms with Crippen molar-refractivity contribution in [3.63, 3.8) is 0 Å². The molecule has 2 bridgehead atoms. The Bertz CT molecular complexity index is 2020. The quantitative estimate of drug-likeness (QED) is 0.309. The molecule has 250 valence electrons. The van der Waals surface area contributed by atoms with Crippen LogP contribution in [0.2, 0.25) is 0 Å². The van der Waals surface area contributed by atoms with Crippen LogP contribution in [0.1, 0.15) is 119 Å². The monoisotopic (exact) mass is 648 g/mol. The first kappa shape index (κ1) is 30.4. The van der Waals surface area contributed by atoms with E-state index in [4.69, 9.17) is 18.9 Å². The Hall–Kier alpha value is -3.68. The second-order valence-electron chi connectivity index (χ2n) is 16.5. The predicted octanol–water partition coefficient (Wildman–Crippen LogP) is 7.90. The first-order valence-electron chi connectivity index (χ1n) is 17.6. The van der Waals surface area contributed by atoms with E-state index in [1.54, 1.807) is 0 Å². The van der Waals surface area contributed by atoms with E-state index in [0.29, 0.717) is 34.3 Å². The zero-order valence-electron chi connectivity index (χ0n) is 28.9. The van der Waals surface area contributed by atoms with Crippen molar-refractivity contribution < 1.29 is 33.6 Å². The van der Waals surface area contributed by atoms with E-state index >= 15 is 0 Å². The first-order chi connectivity index (χ1) is 22.7. The Morgan fingerprint density at radius 3 is 2.58 bits per heavy atom. The zero-order chi connectivity index (χ0) is 33.7. The van der Waals surface area contributed by atoms with Crippen LogP contribution >= 0.6 is 0 Å². The van der Waals surface area contributed by atoms with Gasteiger partial charge in [0.05, 0.1) is 17.3 Å². The van der Waals surface area contributed by atoms with Crippen LogP contribution in [0.25, 0.3) is 16.5 Å². The molecule has 3 aromatic carbocycles. The summed E-state index contributed by atoms with van der Waals surface area (Å²) in [5.74, 6) is 1.37. The van der Waals surface area contributed by atoms with E-state index in [1.165, 1.54) is 18.9 Å². The van der Waals surface area contributed by atoms with Crippen molar-refractivity contribution >= 4 is 28.1 Å². The van der Waals surface area contributed by atoms with Gasteiger partial charge in [-0.1, -0.05) is 64.4 Å². The molecule has 4 aliphatic heterocycles. The molecule has 2 fully saturated rings. The molecular weight excluding hydrogens is 604 g/mol. The SMILES string of the molecule is CC(=O)CC1(O)C(=O)C2=C(OC3Oc4c5c(cc(C(C)C)c4OC23C)C2CC3C(C)(C)CCCC3(C5)O2)c2ccc3c(C)cccc3c21. The fraction of sp³-hybridized carbons (Fsp3) is 0.512. The predicted molar refractivity (Wildman–Crippen MR) is 181 cm³/mol. The maximum absolute atomic E-state index is 14.8. The highest BCUT2D eigenvalue weighted by molar-refractivity contribution is 6.16. The van der Waals surface area contributed by atoms with Gasteiger partial charge in [-0.2, -0.15) is 0 Å². The van der Waals surface area contributed by atoms with E-state index in [1.807, 2.05) is 44.2 Å². The minimum absolute atomic E-state index is 0.00144. The van der Waals surface area contributed by atoms with Crippen molar-refractivity contribution in [2.45, 2.75) is 122 Å². The van der Waals surface area contributed by atoms with Gasteiger partial charge >= 0.3 is 0 Å². The lowest BCUT2D eigenvalue weighted by Crippen LogP contribution is -2.55. The summed E-state index contributed by atoms with van der Waals surface area (Å²) in [4.78, 5) is 27.5. The summed E-state index contributed by atoms with van der Waals surface area (Å²) >= 11 is 0. The average Bonchev–Trinajstić information content (AvgIpc) is 3.50. The molecule has 7 nitrogen and oxygen atoms in total. The summed E-state index contributed by atoms with van der Waals surface area (Å²) in [6.45, 7) is 14.3. The maximum Gasteiger partial charge on any atom is 0.285 e. The van der Waals surface area contributed by atoms with Crippen LogP contribution in [-0.4, -0.2) is 34.2 Å². The molecule has 0 amide bonds. The molecule has 2 aliphatic carbocycles. The fourth-order valence-electron chi connectivity index (χ4n) is 10.4. The number of fused-ring (bicyclic) bond motifs is 11. The Kier molecular flexibility index (Phi) is 6.02. The maximum atomic E-state index is 14.8. The second kappa shape index (κ2) is 9.51. The lowest BCUT2D eigenvalue weighted by molar-refractivity contribution is -0.148. The summed E-state index contributed by atoms with van der Waals surface area (Å²) in [6, 6.07) is 11.9. The van der Waals surface area contributed by atoms with Gasteiger partial charge in [-0.05, 0) is 85.3 Å². The molecule has 1 spiro atoms. The van der Waals surface area contributed by atoms with E-state index in [-0.39, 0.29) is 40.8 Å². The Morgan fingerprint density at radius 1 is 1.04 bits per heavy atom. The summed E-state index contributed by atoms with van der Waals surface area (Å²) in [6.07, 6.45) is 3.78. The van der Waals surface area contributed by atoms with Gasteiger partial charge in [0.2, 0.25) is 11.4 Å². The number of carbonyl (C=O) groups excluding carboxylic acids is 2. The molecule has 4 heterocycles. The van der Waals surface area contributed by atoms with E-state index in [9.17, 15) is 14.7 Å². The summed E-state index contributed by atoms with van der Waals surface area (Å²) < 4.78 is 27.7. The molecular formula is C41H44O7. The highest BCUT2D eigenvalue weighted by Gasteiger charge is 2.65. The van der Waals surface area contributed by atoms with E-state index < -0.39 is 23.3 Å². The van der Waals surface area contributed by atoms with Crippen LogP contribution in [0.3, 0.4) is 0 Å². The normalized spacial score (nSPS) is 33.5. The van der Waals surface area contributed by atoms with Gasteiger partial charge in [-0.3, -0.25) is 9.59 Å². The molecule has 7 heteroatoms. The third-order valence-corrected chi connectivity index (χ3v) is 12.7. The standard InChI is InChI=1S/C41H44O7/c1-20(2)26-16-27-28(19-40-15-9-14-38(5,6)30(40)17-29(27)47-40)34-35(26)48-39(7)32-33(45-37(39)46-34)25-13-12-23-21(3)10-8-11-24(23)31(25)41(44,36(32)43)18-22(4)42/h8,10-13,16,20,29-30,37,44H,9,14-15,17-19H2,1-7H3. The minimum atomic E-state index is -2.09. The van der Waals surface area contributed by atoms with Crippen LogP contribution in [0.15, 0.2) is 42.0 Å². The average molecular weight is 649 g/mol. The van der Waals surface area contributed by atoms with E-state index in [0.717, 1.165) is 53.1 Å². The number of hydrogen-bond donors (Lipinski definition) is 1. The van der Waals surface area contributed by atoms with Crippen LogP contribution < -0.4 is 9.47 Å². The summed E-state index contributed by atoms with van der Waals surface area (Å²) in [5, 5.41) is 14.1. The molecule has 6 atom stereocenters.